The highest BCUT2D eigenvalue weighted by Crippen LogP contribution is 2.14. The minimum atomic E-state index is 1.09. The molecule has 0 atom stereocenters. The molecule has 0 aliphatic carbocycles. The fourth-order valence-electron chi connectivity index (χ4n) is 0.374. The van der Waals surface area contributed by atoms with Gasteiger partial charge in [0.1, 0.15) is 0 Å². The summed E-state index contributed by atoms with van der Waals surface area (Å²) in [6.45, 7) is 4.36. The van der Waals surface area contributed by atoms with Gasteiger partial charge in [0.05, 0.1) is 0 Å². The average Bonchev–Trinajstić information content (AvgIpc) is 1.81. The number of hydrogen-bond donors (Lipinski definition) is 1. The Morgan fingerprint density at radius 1 is 1.50 bits per heavy atom. The summed E-state index contributed by atoms with van der Waals surface area (Å²) < 4.78 is 0. The molecule has 0 unspecified atom stereocenters. The van der Waals surface area contributed by atoms with Crippen LogP contribution in [0.3, 0.4) is 0 Å². The summed E-state index contributed by atoms with van der Waals surface area (Å²) >= 11 is 0. The first-order valence-electron chi connectivity index (χ1n) is 2.78. The van der Waals surface area contributed by atoms with Crippen LogP contribution in [0.1, 0.15) is 6.92 Å². The molecule has 0 amide bonds. The van der Waals surface area contributed by atoms with E-state index in [9.17, 15) is 0 Å². The summed E-state index contributed by atoms with van der Waals surface area (Å²) in [4.78, 5) is 0. The van der Waals surface area contributed by atoms with Crippen molar-refractivity contribution in [3.8, 4) is 0 Å². The first-order chi connectivity index (χ1) is 3.91. The van der Waals surface area contributed by atoms with Gasteiger partial charge in [-0.25, -0.2) is 0 Å². The molecular formula is C5H13NS2. The van der Waals surface area contributed by atoms with Crippen molar-refractivity contribution >= 4 is 21.6 Å². The Bertz CT molecular complexity index is 35.4. The maximum atomic E-state index is 3.25. The van der Waals surface area contributed by atoms with Gasteiger partial charge in [-0.2, -0.15) is 0 Å². The standard InChI is InChI=1S/C5H13NS2/c1-3-6-4-5-8-7-2/h6H,3-5H2,1-2H3. The molecule has 8 heavy (non-hydrogen) atoms. The van der Waals surface area contributed by atoms with E-state index < -0.39 is 0 Å². The van der Waals surface area contributed by atoms with Crippen LogP contribution in [0.15, 0.2) is 0 Å². The number of nitrogens with one attached hydrogen (secondary N) is 1. The van der Waals surface area contributed by atoms with Gasteiger partial charge in [-0.3, -0.25) is 0 Å². The van der Waals surface area contributed by atoms with Crippen LogP contribution in [-0.2, 0) is 0 Å². The van der Waals surface area contributed by atoms with Gasteiger partial charge in [0, 0.05) is 12.3 Å². The molecule has 0 aromatic carbocycles. The normalized spacial score (nSPS) is 9.75. The zero-order valence-corrected chi connectivity index (χ0v) is 7.07. The summed E-state index contributed by atoms with van der Waals surface area (Å²) in [7, 11) is 3.73. The highest BCUT2D eigenvalue weighted by Gasteiger charge is 1.82. The van der Waals surface area contributed by atoms with E-state index >= 15 is 0 Å². The largest absolute Gasteiger partial charge is 0.316 e. The van der Waals surface area contributed by atoms with Gasteiger partial charge in [0.25, 0.3) is 0 Å². The molecule has 0 aromatic heterocycles. The Labute approximate surface area is 59.4 Å². The number of rotatable bonds is 5. The molecule has 0 heterocycles. The van der Waals surface area contributed by atoms with Crippen LogP contribution in [-0.4, -0.2) is 25.1 Å². The lowest BCUT2D eigenvalue weighted by atomic mass is 10.7. The third-order valence-electron chi connectivity index (χ3n) is 0.730. The second-order valence-electron chi connectivity index (χ2n) is 1.34. The van der Waals surface area contributed by atoms with Crippen molar-refractivity contribution < 1.29 is 0 Å². The lowest BCUT2D eigenvalue weighted by Crippen LogP contribution is -2.15. The lowest BCUT2D eigenvalue weighted by Gasteiger charge is -1.96. The summed E-state index contributed by atoms with van der Waals surface area (Å²) in [6.07, 6.45) is 2.11. The molecule has 1 nitrogen and oxygen atoms in total. The molecular weight excluding hydrogens is 138 g/mol. The minimum absolute atomic E-state index is 1.09. The van der Waals surface area contributed by atoms with Crippen LogP contribution >= 0.6 is 21.6 Å². The second kappa shape index (κ2) is 7.66. The molecule has 0 aromatic rings. The fourth-order valence-corrected chi connectivity index (χ4v) is 1.52. The second-order valence-corrected chi connectivity index (χ2v) is 4.03. The molecule has 50 valence electrons. The van der Waals surface area contributed by atoms with Gasteiger partial charge in [0.15, 0.2) is 0 Å². The molecule has 0 aliphatic heterocycles. The Morgan fingerprint density at radius 3 is 2.75 bits per heavy atom. The maximum Gasteiger partial charge on any atom is 0.0162 e. The van der Waals surface area contributed by atoms with Crippen molar-refractivity contribution in [2.24, 2.45) is 0 Å². The van der Waals surface area contributed by atoms with E-state index in [-0.39, 0.29) is 0 Å². The van der Waals surface area contributed by atoms with E-state index in [1.54, 1.807) is 0 Å². The lowest BCUT2D eigenvalue weighted by molar-refractivity contribution is 0.769. The van der Waals surface area contributed by atoms with Crippen molar-refractivity contribution in [2.75, 3.05) is 25.1 Å². The van der Waals surface area contributed by atoms with Gasteiger partial charge in [-0.1, -0.05) is 28.5 Å². The molecule has 1 N–H and O–H groups in total. The van der Waals surface area contributed by atoms with Crippen LogP contribution in [0.5, 0.6) is 0 Å². The third-order valence-corrected chi connectivity index (χ3v) is 2.54. The zero-order chi connectivity index (χ0) is 6.24. The third kappa shape index (κ3) is 6.66. The molecule has 0 saturated heterocycles. The van der Waals surface area contributed by atoms with Crippen molar-refractivity contribution in [1.29, 1.82) is 0 Å². The number of hydrogen-bond acceptors (Lipinski definition) is 3. The van der Waals surface area contributed by atoms with E-state index in [1.165, 1.54) is 5.75 Å². The van der Waals surface area contributed by atoms with Crippen LogP contribution < -0.4 is 5.32 Å². The smallest absolute Gasteiger partial charge is 0.0162 e. The fraction of sp³-hybridized carbons (Fsp3) is 1.00. The van der Waals surface area contributed by atoms with Gasteiger partial charge in [-0.15, -0.1) is 0 Å². The highest BCUT2D eigenvalue weighted by molar-refractivity contribution is 8.76. The van der Waals surface area contributed by atoms with Crippen LogP contribution in [0.4, 0.5) is 0 Å². The van der Waals surface area contributed by atoms with Gasteiger partial charge in [-0.05, 0) is 12.8 Å². The molecule has 0 saturated carbocycles. The Hall–Kier alpha value is 0.660. The summed E-state index contributed by atoms with van der Waals surface area (Å²) in [5, 5.41) is 3.25. The first-order valence-corrected chi connectivity index (χ1v) is 5.50. The van der Waals surface area contributed by atoms with E-state index in [2.05, 4.69) is 18.5 Å². The van der Waals surface area contributed by atoms with Crippen LogP contribution in [0, 0.1) is 0 Å². The van der Waals surface area contributed by atoms with Crippen molar-refractivity contribution in [3.05, 3.63) is 0 Å². The monoisotopic (exact) mass is 151 g/mol. The molecule has 0 radical (unpaired) electrons. The van der Waals surface area contributed by atoms with E-state index in [0.29, 0.717) is 0 Å². The summed E-state index contributed by atoms with van der Waals surface area (Å²) in [5.41, 5.74) is 0. The van der Waals surface area contributed by atoms with Gasteiger partial charge >= 0.3 is 0 Å². The molecule has 3 heteroatoms. The molecule has 0 bridgehead atoms. The van der Waals surface area contributed by atoms with Crippen molar-refractivity contribution in [3.63, 3.8) is 0 Å². The van der Waals surface area contributed by atoms with Crippen molar-refractivity contribution in [1.82, 2.24) is 5.32 Å². The van der Waals surface area contributed by atoms with E-state index in [4.69, 9.17) is 0 Å². The zero-order valence-electron chi connectivity index (χ0n) is 5.44. The molecule has 0 rings (SSSR count). The predicted molar refractivity (Wildman–Crippen MR) is 44.5 cm³/mol. The Balaban J connectivity index is 2.53. The molecule has 0 fully saturated rings. The minimum Gasteiger partial charge on any atom is -0.316 e. The quantitative estimate of drug-likeness (QED) is 0.473. The topological polar surface area (TPSA) is 12.0 Å². The van der Waals surface area contributed by atoms with Crippen LogP contribution in [0.2, 0.25) is 0 Å². The Kier molecular flexibility index (Phi) is 8.29. The average molecular weight is 151 g/mol. The van der Waals surface area contributed by atoms with Gasteiger partial charge < -0.3 is 5.32 Å². The summed E-state index contributed by atoms with van der Waals surface area (Å²) in [6, 6.07) is 0. The van der Waals surface area contributed by atoms with E-state index in [1.807, 2.05) is 21.6 Å². The Morgan fingerprint density at radius 2 is 2.25 bits per heavy atom. The van der Waals surface area contributed by atoms with Crippen molar-refractivity contribution in [2.45, 2.75) is 6.92 Å². The maximum absolute atomic E-state index is 3.25. The SMILES string of the molecule is CCNCCSSC. The molecule has 0 aliphatic rings. The summed E-state index contributed by atoms with van der Waals surface area (Å²) in [5.74, 6) is 1.22. The highest BCUT2D eigenvalue weighted by atomic mass is 33.1. The van der Waals surface area contributed by atoms with E-state index in [0.717, 1.165) is 13.1 Å². The van der Waals surface area contributed by atoms with Crippen LogP contribution in [0.25, 0.3) is 0 Å². The van der Waals surface area contributed by atoms with Gasteiger partial charge in [0.2, 0.25) is 0 Å². The molecule has 0 spiro atoms. The first kappa shape index (κ1) is 8.66. The predicted octanol–water partition coefficient (Wildman–Crippen LogP) is 1.61.